The minimum atomic E-state index is -2.19. The van der Waals surface area contributed by atoms with E-state index in [4.69, 9.17) is 4.98 Å². The van der Waals surface area contributed by atoms with Crippen molar-refractivity contribution in [3.63, 3.8) is 0 Å². The van der Waals surface area contributed by atoms with Crippen LogP contribution in [0.4, 0.5) is 0 Å². The van der Waals surface area contributed by atoms with Gasteiger partial charge in [0.2, 0.25) is 0 Å². The molecule has 0 saturated heterocycles. The SMILES string of the molecule is C[Si]1(C)C(c2ccccc2)=C(c2ccccc2)c2cccc(-c3cccc(-c4cccc5c4[Si](C)(C)C(c4ccccc4)=C5c4ccccc4)n3)c21. The van der Waals surface area contributed by atoms with Crippen molar-refractivity contribution < 1.29 is 0 Å². The van der Waals surface area contributed by atoms with Crippen LogP contribution in [0.2, 0.25) is 26.2 Å². The maximum absolute atomic E-state index is 5.60. The monoisotopic (exact) mass is 699 g/mol. The van der Waals surface area contributed by atoms with Crippen LogP contribution in [0.1, 0.15) is 33.4 Å². The van der Waals surface area contributed by atoms with E-state index in [-0.39, 0.29) is 0 Å². The molecule has 52 heavy (non-hydrogen) atoms. The standard InChI is InChI=1S/C49H41NSi2/c1-51(2)46(36-24-13-7-14-25-36)44(34-20-9-5-10-21-34)40-30-17-28-38(48(40)51)42-32-19-33-43(50-42)39-29-18-31-41-45(35-22-11-6-12-23-35)47(52(3,4)49(39)41)37-26-15-8-16-27-37/h5-33H,1-4H3. The van der Waals surface area contributed by atoms with E-state index in [0.717, 1.165) is 11.4 Å². The van der Waals surface area contributed by atoms with Crippen molar-refractivity contribution in [3.05, 3.63) is 209 Å². The number of hydrogen-bond donors (Lipinski definition) is 0. The summed E-state index contributed by atoms with van der Waals surface area (Å²) < 4.78 is 0. The molecule has 1 aromatic heterocycles. The topological polar surface area (TPSA) is 12.9 Å². The van der Waals surface area contributed by atoms with Crippen LogP contribution < -0.4 is 10.4 Å². The second-order valence-corrected chi connectivity index (χ2v) is 23.6. The first-order valence-corrected chi connectivity index (χ1v) is 24.3. The van der Waals surface area contributed by atoms with Crippen LogP contribution in [0.25, 0.3) is 44.1 Å². The number of aromatic nitrogens is 1. The molecule has 0 aliphatic carbocycles. The van der Waals surface area contributed by atoms with Gasteiger partial charge in [-0.2, -0.15) is 0 Å². The zero-order valence-electron chi connectivity index (χ0n) is 30.2. The number of rotatable bonds is 6. The first-order valence-electron chi connectivity index (χ1n) is 18.3. The third-order valence-corrected chi connectivity index (χ3v) is 18.4. The molecule has 0 unspecified atom stereocenters. The van der Waals surface area contributed by atoms with Gasteiger partial charge < -0.3 is 0 Å². The molecule has 0 amide bonds. The Labute approximate surface area is 309 Å². The number of nitrogens with zero attached hydrogens (tertiary/aromatic N) is 1. The maximum atomic E-state index is 5.60. The molecule has 1 nitrogen and oxygen atoms in total. The van der Waals surface area contributed by atoms with Gasteiger partial charge in [-0.1, -0.05) is 190 Å². The Morgan fingerprint density at radius 2 is 0.615 bits per heavy atom. The third kappa shape index (κ3) is 5.07. The van der Waals surface area contributed by atoms with Gasteiger partial charge in [-0.25, -0.2) is 4.98 Å². The van der Waals surface area contributed by atoms with E-state index in [2.05, 4.69) is 202 Å². The molecule has 9 rings (SSSR count). The minimum Gasteiger partial charge on any atom is -0.248 e. The highest BCUT2D eigenvalue weighted by Crippen LogP contribution is 2.47. The van der Waals surface area contributed by atoms with Gasteiger partial charge in [-0.3, -0.25) is 0 Å². The number of hydrogen-bond acceptors (Lipinski definition) is 1. The van der Waals surface area contributed by atoms with Crippen LogP contribution in [0.5, 0.6) is 0 Å². The molecule has 2 aliphatic heterocycles. The largest absolute Gasteiger partial charge is 0.248 e. The number of pyridine rings is 1. The van der Waals surface area contributed by atoms with Crippen LogP contribution in [-0.4, -0.2) is 21.1 Å². The lowest BCUT2D eigenvalue weighted by Crippen LogP contribution is -2.42. The molecular weight excluding hydrogens is 659 g/mol. The minimum absolute atomic E-state index is 1.05. The first-order chi connectivity index (χ1) is 25.4. The van der Waals surface area contributed by atoms with Gasteiger partial charge in [0, 0.05) is 11.1 Å². The van der Waals surface area contributed by atoms with Gasteiger partial charge in [0.05, 0.1) is 11.4 Å². The van der Waals surface area contributed by atoms with Gasteiger partial charge in [0.1, 0.15) is 16.1 Å². The van der Waals surface area contributed by atoms with Crippen molar-refractivity contribution in [2.24, 2.45) is 0 Å². The molecule has 0 N–H and O–H groups in total. The summed E-state index contributed by atoms with van der Waals surface area (Å²) in [5, 5.41) is 5.95. The molecule has 2 aliphatic rings. The zero-order chi connectivity index (χ0) is 35.5. The predicted octanol–water partition coefficient (Wildman–Crippen LogP) is 11.3. The van der Waals surface area contributed by atoms with E-state index in [9.17, 15) is 0 Å². The second-order valence-electron chi connectivity index (χ2n) is 15.1. The van der Waals surface area contributed by atoms with Gasteiger partial charge in [0.15, 0.2) is 0 Å². The van der Waals surface area contributed by atoms with Gasteiger partial charge in [0.25, 0.3) is 0 Å². The third-order valence-electron chi connectivity index (χ3n) is 11.2. The molecule has 3 heteroatoms. The summed E-state index contributed by atoms with van der Waals surface area (Å²) in [5.74, 6) is 0. The van der Waals surface area contributed by atoms with E-state index in [1.54, 1.807) is 0 Å². The molecule has 0 spiro atoms. The van der Waals surface area contributed by atoms with E-state index in [1.165, 1.54) is 76.4 Å². The summed E-state index contributed by atoms with van der Waals surface area (Å²) in [4.78, 5) is 5.60. The molecule has 0 radical (unpaired) electrons. The summed E-state index contributed by atoms with van der Waals surface area (Å²) >= 11 is 0. The second kappa shape index (κ2) is 12.6. The van der Waals surface area contributed by atoms with Gasteiger partial charge >= 0.3 is 0 Å². The summed E-state index contributed by atoms with van der Waals surface area (Å²) in [7, 11) is -4.39. The Bertz CT molecular complexity index is 2350. The molecule has 0 atom stereocenters. The molecular formula is C49H41NSi2. The molecule has 3 heterocycles. The Morgan fingerprint density at radius 1 is 0.308 bits per heavy atom. The molecule has 0 bridgehead atoms. The highest BCUT2D eigenvalue weighted by molar-refractivity contribution is 7.09. The fourth-order valence-corrected chi connectivity index (χ4v) is 16.8. The quantitative estimate of drug-likeness (QED) is 0.158. The molecule has 6 aromatic carbocycles. The highest BCUT2D eigenvalue weighted by Gasteiger charge is 2.44. The Balaban J connectivity index is 1.22. The van der Waals surface area contributed by atoms with Gasteiger partial charge in [-0.15, -0.1) is 0 Å². The van der Waals surface area contributed by atoms with Crippen LogP contribution in [0.15, 0.2) is 176 Å². The van der Waals surface area contributed by atoms with E-state index in [0.29, 0.717) is 0 Å². The van der Waals surface area contributed by atoms with Crippen LogP contribution in [0.3, 0.4) is 0 Å². The van der Waals surface area contributed by atoms with Gasteiger partial charge in [-0.05, 0) is 77.4 Å². The Morgan fingerprint density at radius 3 is 0.981 bits per heavy atom. The van der Waals surface area contributed by atoms with E-state index in [1.807, 2.05) is 0 Å². The maximum Gasteiger partial charge on any atom is 0.115 e. The van der Waals surface area contributed by atoms with Crippen molar-refractivity contribution in [1.82, 2.24) is 4.98 Å². The van der Waals surface area contributed by atoms with E-state index >= 15 is 0 Å². The van der Waals surface area contributed by atoms with Crippen molar-refractivity contribution in [2.45, 2.75) is 26.2 Å². The highest BCUT2D eigenvalue weighted by atomic mass is 28.3. The van der Waals surface area contributed by atoms with Crippen LogP contribution in [0, 0.1) is 0 Å². The fourth-order valence-electron chi connectivity index (χ4n) is 9.20. The summed E-state index contributed by atoms with van der Waals surface area (Å²) in [6, 6.07) is 64.5. The Kier molecular flexibility index (Phi) is 7.80. The van der Waals surface area contributed by atoms with Crippen molar-refractivity contribution in [3.8, 4) is 22.5 Å². The summed E-state index contributed by atoms with van der Waals surface area (Å²) in [6.07, 6.45) is 0. The lowest BCUT2D eigenvalue weighted by molar-refractivity contribution is 1.33. The molecule has 7 aromatic rings. The van der Waals surface area contributed by atoms with Crippen molar-refractivity contribution in [2.75, 3.05) is 0 Å². The fraction of sp³-hybridized carbons (Fsp3) is 0.0816. The van der Waals surface area contributed by atoms with E-state index < -0.39 is 16.1 Å². The lowest BCUT2D eigenvalue weighted by Gasteiger charge is -2.26. The molecule has 0 saturated carbocycles. The number of benzene rings is 6. The Hall–Kier alpha value is -5.62. The average molecular weight is 700 g/mol. The molecule has 250 valence electrons. The number of fused-ring (bicyclic) bond motifs is 2. The van der Waals surface area contributed by atoms with Crippen molar-refractivity contribution >= 4 is 48.1 Å². The lowest BCUT2D eigenvalue weighted by atomic mass is 9.93. The molecule has 0 fully saturated rings. The van der Waals surface area contributed by atoms with Crippen LogP contribution in [-0.2, 0) is 0 Å². The summed E-state index contributed by atoms with van der Waals surface area (Å²) in [5.41, 5.74) is 15.3. The predicted molar refractivity (Wildman–Crippen MR) is 227 cm³/mol. The average Bonchev–Trinajstić information content (AvgIpc) is 3.59. The van der Waals surface area contributed by atoms with Crippen LogP contribution >= 0.6 is 0 Å². The first kappa shape index (κ1) is 32.3. The zero-order valence-corrected chi connectivity index (χ0v) is 32.2. The van der Waals surface area contributed by atoms with Crippen molar-refractivity contribution in [1.29, 1.82) is 0 Å². The smallest absolute Gasteiger partial charge is 0.115 e. The normalized spacial score (nSPS) is 15.5. The summed E-state index contributed by atoms with van der Waals surface area (Å²) in [6.45, 7) is 10.1.